The fourth-order valence-electron chi connectivity index (χ4n) is 3.40. The van der Waals surface area contributed by atoms with E-state index in [1.165, 1.54) is 5.56 Å². The van der Waals surface area contributed by atoms with Gasteiger partial charge in [-0.3, -0.25) is 9.78 Å². The number of carbonyl (C=O) groups is 1. The second-order valence-electron chi connectivity index (χ2n) is 6.90. The minimum atomic E-state index is 0.172. The third-order valence-electron chi connectivity index (χ3n) is 4.83. The number of aryl methyl sites for hydroxylation is 1. The van der Waals surface area contributed by atoms with Gasteiger partial charge in [-0.15, -0.1) is 0 Å². The van der Waals surface area contributed by atoms with Crippen LogP contribution in [0, 0.1) is 0 Å². The number of ether oxygens (including phenoxy) is 1. The quantitative estimate of drug-likeness (QED) is 0.735. The van der Waals surface area contributed by atoms with E-state index in [1.807, 2.05) is 6.07 Å². The predicted octanol–water partition coefficient (Wildman–Crippen LogP) is 3.70. The molecule has 1 heterocycles. The standard InChI is InChI=1S/C21H27N3O2/c25-20(9-5-4-8-17-6-2-1-3-7-17)24-18-10-12-19(13-11-18)26-21-16-22-14-15-23-21/h1-3,6-7,14-16,18-19H,4-5,8-13H2,(H,24,25). The van der Waals surface area contributed by atoms with Crippen molar-refractivity contribution in [1.29, 1.82) is 0 Å². The molecule has 0 radical (unpaired) electrons. The van der Waals surface area contributed by atoms with Crippen molar-refractivity contribution in [2.45, 2.75) is 63.5 Å². The summed E-state index contributed by atoms with van der Waals surface area (Å²) in [5.74, 6) is 0.759. The fraction of sp³-hybridized carbons (Fsp3) is 0.476. The van der Waals surface area contributed by atoms with Gasteiger partial charge in [0.1, 0.15) is 6.10 Å². The highest BCUT2D eigenvalue weighted by Crippen LogP contribution is 2.22. The highest BCUT2D eigenvalue weighted by Gasteiger charge is 2.23. The lowest BCUT2D eigenvalue weighted by Gasteiger charge is -2.29. The molecule has 2 aromatic rings. The van der Waals surface area contributed by atoms with Crippen LogP contribution in [0.3, 0.4) is 0 Å². The van der Waals surface area contributed by atoms with E-state index < -0.39 is 0 Å². The topological polar surface area (TPSA) is 64.1 Å². The molecule has 1 fully saturated rings. The number of carbonyl (C=O) groups excluding carboxylic acids is 1. The van der Waals surface area contributed by atoms with Crippen molar-refractivity contribution in [2.75, 3.05) is 0 Å². The van der Waals surface area contributed by atoms with Gasteiger partial charge >= 0.3 is 0 Å². The van der Waals surface area contributed by atoms with Crippen LogP contribution in [0.5, 0.6) is 5.88 Å². The summed E-state index contributed by atoms with van der Waals surface area (Å²) in [5.41, 5.74) is 1.34. The molecule has 0 unspecified atom stereocenters. The van der Waals surface area contributed by atoms with Crippen molar-refractivity contribution >= 4 is 5.91 Å². The lowest BCUT2D eigenvalue weighted by molar-refractivity contribution is -0.122. The molecule has 1 aliphatic rings. The van der Waals surface area contributed by atoms with Crippen LogP contribution in [-0.4, -0.2) is 28.0 Å². The molecule has 1 amide bonds. The molecule has 1 N–H and O–H groups in total. The Morgan fingerprint density at radius 3 is 2.62 bits per heavy atom. The van der Waals surface area contributed by atoms with E-state index in [4.69, 9.17) is 4.74 Å². The molecule has 3 rings (SSSR count). The van der Waals surface area contributed by atoms with Crippen LogP contribution >= 0.6 is 0 Å². The van der Waals surface area contributed by atoms with Crippen molar-refractivity contribution in [3.63, 3.8) is 0 Å². The van der Waals surface area contributed by atoms with Gasteiger partial charge < -0.3 is 10.1 Å². The number of amides is 1. The van der Waals surface area contributed by atoms with Crippen molar-refractivity contribution in [2.24, 2.45) is 0 Å². The number of hydrogen-bond donors (Lipinski definition) is 1. The van der Waals surface area contributed by atoms with Crippen LogP contribution in [0.15, 0.2) is 48.9 Å². The van der Waals surface area contributed by atoms with E-state index in [0.29, 0.717) is 12.3 Å². The van der Waals surface area contributed by atoms with Gasteiger partial charge in [-0.05, 0) is 50.5 Å². The second kappa shape index (κ2) is 9.90. The molecule has 1 aliphatic carbocycles. The Balaban J connectivity index is 1.28. The number of nitrogens with zero attached hydrogens (tertiary/aromatic N) is 2. The minimum absolute atomic E-state index is 0.172. The summed E-state index contributed by atoms with van der Waals surface area (Å²) in [6.07, 6.45) is 12.5. The normalized spacial score (nSPS) is 19.7. The maximum Gasteiger partial charge on any atom is 0.232 e. The Labute approximate surface area is 155 Å². The number of nitrogens with one attached hydrogen (secondary N) is 1. The van der Waals surface area contributed by atoms with Crippen molar-refractivity contribution < 1.29 is 9.53 Å². The number of unbranched alkanes of at least 4 members (excludes halogenated alkanes) is 1. The SMILES string of the molecule is O=C(CCCCc1ccccc1)NC1CCC(Oc2cnccn2)CC1. The third kappa shape index (κ3) is 6.14. The van der Waals surface area contributed by atoms with Crippen molar-refractivity contribution in [3.8, 4) is 5.88 Å². The summed E-state index contributed by atoms with van der Waals surface area (Å²) >= 11 is 0. The summed E-state index contributed by atoms with van der Waals surface area (Å²) in [7, 11) is 0. The average Bonchev–Trinajstić information content (AvgIpc) is 2.68. The van der Waals surface area contributed by atoms with Gasteiger partial charge in [-0.25, -0.2) is 4.98 Å². The van der Waals surface area contributed by atoms with Gasteiger partial charge in [-0.1, -0.05) is 30.3 Å². The first-order chi connectivity index (χ1) is 12.8. The third-order valence-corrected chi connectivity index (χ3v) is 4.83. The van der Waals surface area contributed by atoms with E-state index in [1.54, 1.807) is 18.6 Å². The van der Waals surface area contributed by atoms with Gasteiger partial charge in [0.15, 0.2) is 0 Å². The van der Waals surface area contributed by atoms with E-state index in [-0.39, 0.29) is 18.1 Å². The smallest absolute Gasteiger partial charge is 0.232 e. The fourth-order valence-corrected chi connectivity index (χ4v) is 3.40. The lowest BCUT2D eigenvalue weighted by Crippen LogP contribution is -2.39. The molecule has 26 heavy (non-hydrogen) atoms. The first-order valence-corrected chi connectivity index (χ1v) is 9.55. The van der Waals surface area contributed by atoms with Gasteiger partial charge in [0, 0.05) is 24.9 Å². The molecule has 1 saturated carbocycles. The Bertz CT molecular complexity index is 655. The first-order valence-electron chi connectivity index (χ1n) is 9.55. The largest absolute Gasteiger partial charge is 0.473 e. The molecular formula is C21H27N3O2. The van der Waals surface area contributed by atoms with Crippen molar-refractivity contribution in [1.82, 2.24) is 15.3 Å². The monoisotopic (exact) mass is 353 g/mol. The average molecular weight is 353 g/mol. The van der Waals surface area contributed by atoms with Crippen LogP contribution in [0.1, 0.15) is 50.5 Å². The van der Waals surface area contributed by atoms with Crippen LogP contribution in [-0.2, 0) is 11.2 Å². The molecule has 1 aromatic carbocycles. The first kappa shape index (κ1) is 18.4. The maximum absolute atomic E-state index is 12.1. The highest BCUT2D eigenvalue weighted by molar-refractivity contribution is 5.76. The summed E-state index contributed by atoms with van der Waals surface area (Å²) in [4.78, 5) is 20.3. The second-order valence-corrected chi connectivity index (χ2v) is 6.90. The van der Waals surface area contributed by atoms with Crippen LogP contribution < -0.4 is 10.1 Å². The summed E-state index contributed by atoms with van der Waals surface area (Å²) in [6, 6.07) is 10.7. The zero-order chi connectivity index (χ0) is 18.0. The maximum atomic E-state index is 12.1. The summed E-state index contributed by atoms with van der Waals surface area (Å²) < 4.78 is 5.84. The molecular weight excluding hydrogens is 326 g/mol. The summed E-state index contributed by atoms with van der Waals surface area (Å²) in [5, 5.41) is 3.18. The molecule has 138 valence electrons. The van der Waals surface area contributed by atoms with Crippen LogP contribution in [0.4, 0.5) is 0 Å². The van der Waals surface area contributed by atoms with Gasteiger partial charge in [0.25, 0.3) is 0 Å². The number of benzene rings is 1. The van der Waals surface area contributed by atoms with Gasteiger partial charge in [-0.2, -0.15) is 0 Å². The van der Waals surface area contributed by atoms with Crippen molar-refractivity contribution in [3.05, 3.63) is 54.5 Å². The van der Waals surface area contributed by atoms with Gasteiger partial charge in [0.05, 0.1) is 6.20 Å². The Morgan fingerprint density at radius 1 is 1.08 bits per heavy atom. The summed E-state index contributed by atoms with van der Waals surface area (Å²) in [6.45, 7) is 0. The Hall–Kier alpha value is -2.43. The predicted molar refractivity (Wildman–Crippen MR) is 101 cm³/mol. The Kier molecular flexibility index (Phi) is 6.99. The minimum Gasteiger partial charge on any atom is -0.473 e. The zero-order valence-electron chi connectivity index (χ0n) is 15.1. The van der Waals surface area contributed by atoms with Crippen LogP contribution in [0.2, 0.25) is 0 Å². The number of rotatable bonds is 8. The molecule has 1 aromatic heterocycles. The van der Waals surface area contributed by atoms with Gasteiger partial charge in [0.2, 0.25) is 11.8 Å². The molecule has 5 heteroatoms. The lowest BCUT2D eigenvalue weighted by atomic mass is 9.93. The van der Waals surface area contributed by atoms with E-state index in [2.05, 4.69) is 39.6 Å². The highest BCUT2D eigenvalue weighted by atomic mass is 16.5. The molecule has 0 aliphatic heterocycles. The van der Waals surface area contributed by atoms with E-state index >= 15 is 0 Å². The zero-order valence-corrected chi connectivity index (χ0v) is 15.1. The van der Waals surface area contributed by atoms with E-state index in [9.17, 15) is 4.79 Å². The number of hydrogen-bond acceptors (Lipinski definition) is 4. The number of aromatic nitrogens is 2. The molecule has 0 atom stereocenters. The molecule has 0 saturated heterocycles. The molecule has 0 spiro atoms. The Morgan fingerprint density at radius 2 is 1.88 bits per heavy atom. The van der Waals surface area contributed by atoms with Crippen LogP contribution in [0.25, 0.3) is 0 Å². The molecule has 5 nitrogen and oxygen atoms in total. The molecule has 0 bridgehead atoms. The van der Waals surface area contributed by atoms with E-state index in [0.717, 1.165) is 44.9 Å².